The van der Waals surface area contributed by atoms with Crippen LogP contribution in [0.1, 0.15) is 17.5 Å². The van der Waals surface area contributed by atoms with Crippen molar-refractivity contribution in [1.82, 2.24) is 0 Å². The van der Waals surface area contributed by atoms with Crippen molar-refractivity contribution < 1.29 is 15.0 Å². The Labute approximate surface area is 111 Å². The molecule has 2 aliphatic carbocycles. The van der Waals surface area contributed by atoms with E-state index in [0.717, 1.165) is 16.7 Å². The number of hydrogen-bond acceptors (Lipinski definition) is 3. The van der Waals surface area contributed by atoms with Gasteiger partial charge in [-0.2, -0.15) is 0 Å². The first-order chi connectivity index (χ1) is 9.20. The summed E-state index contributed by atoms with van der Waals surface area (Å²) < 4.78 is 0. The van der Waals surface area contributed by atoms with Crippen molar-refractivity contribution in [2.75, 3.05) is 6.61 Å². The molecule has 0 spiro atoms. The molecule has 0 aliphatic heterocycles. The summed E-state index contributed by atoms with van der Waals surface area (Å²) in [6.45, 7) is -0.333. The van der Waals surface area contributed by atoms with Gasteiger partial charge in [0.2, 0.25) is 0 Å². The molecule has 0 amide bonds. The van der Waals surface area contributed by atoms with Gasteiger partial charge in [0.15, 0.2) is 5.78 Å². The number of allylic oxidation sites excluding steroid dienone is 4. The zero-order valence-corrected chi connectivity index (χ0v) is 10.3. The minimum absolute atomic E-state index is 0.0544. The molecule has 1 aromatic carbocycles. The van der Waals surface area contributed by atoms with Crippen molar-refractivity contribution >= 4 is 17.4 Å². The van der Waals surface area contributed by atoms with Crippen molar-refractivity contribution in [2.24, 2.45) is 0 Å². The summed E-state index contributed by atoms with van der Waals surface area (Å²) in [5, 5.41) is 18.3. The first-order valence-corrected chi connectivity index (χ1v) is 6.26. The first kappa shape index (κ1) is 12.1. The van der Waals surface area contributed by atoms with Crippen LogP contribution in [0.4, 0.5) is 0 Å². The van der Waals surface area contributed by atoms with Gasteiger partial charge in [0, 0.05) is 17.6 Å². The van der Waals surface area contributed by atoms with E-state index in [1.54, 1.807) is 6.08 Å². The van der Waals surface area contributed by atoms with E-state index in [2.05, 4.69) is 0 Å². The lowest BCUT2D eigenvalue weighted by Gasteiger charge is -2.15. The highest BCUT2D eigenvalue weighted by Crippen LogP contribution is 2.39. The molecule has 0 radical (unpaired) electrons. The van der Waals surface area contributed by atoms with Crippen LogP contribution in [0.5, 0.6) is 0 Å². The molecule has 2 aliphatic rings. The predicted octanol–water partition coefficient (Wildman–Crippen LogP) is 1.72. The van der Waals surface area contributed by atoms with Crippen molar-refractivity contribution in [2.45, 2.75) is 12.5 Å². The van der Waals surface area contributed by atoms with E-state index in [9.17, 15) is 9.90 Å². The summed E-state index contributed by atoms with van der Waals surface area (Å²) in [6.07, 6.45) is 4.86. The maximum Gasteiger partial charge on any atom is 0.189 e. The molecule has 0 fully saturated rings. The second kappa shape index (κ2) is 4.61. The van der Waals surface area contributed by atoms with Gasteiger partial charge in [0.25, 0.3) is 0 Å². The van der Waals surface area contributed by atoms with Crippen molar-refractivity contribution in [3.05, 3.63) is 58.7 Å². The van der Waals surface area contributed by atoms with Gasteiger partial charge in [-0.15, -0.1) is 0 Å². The molecule has 0 saturated carbocycles. The van der Waals surface area contributed by atoms with Gasteiger partial charge in [-0.3, -0.25) is 4.79 Å². The van der Waals surface area contributed by atoms with Gasteiger partial charge in [-0.05, 0) is 22.8 Å². The molecule has 0 saturated heterocycles. The fourth-order valence-corrected chi connectivity index (χ4v) is 2.53. The van der Waals surface area contributed by atoms with E-state index in [-0.39, 0.29) is 18.8 Å². The van der Waals surface area contributed by atoms with E-state index in [0.29, 0.717) is 11.1 Å². The highest BCUT2D eigenvalue weighted by molar-refractivity contribution is 6.25. The summed E-state index contributed by atoms with van der Waals surface area (Å²) in [6, 6.07) is 7.88. The first-order valence-electron chi connectivity index (χ1n) is 6.26. The van der Waals surface area contributed by atoms with E-state index >= 15 is 0 Å². The second-order valence-electron chi connectivity index (χ2n) is 4.79. The fraction of sp³-hybridized carbons (Fsp3) is 0.188. The Balaban J connectivity index is 1.97. The van der Waals surface area contributed by atoms with Crippen LogP contribution in [0.3, 0.4) is 0 Å². The van der Waals surface area contributed by atoms with Gasteiger partial charge in [0.1, 0.15) is 0 Å². The molecular weight excluding hydrogens is 240 g/mol. The lowest BCUT2D eigenvalue weighted by Crippen LogP contribution is -2.18. The summed E-state index contributed by atoms with van der Waals surface area (Å²) in [7, 11) is 0. The minimum atomic E-state index is -0.880. The largest absolute Gasteiger partial charge is 0.394 e. The standard InChI is InChI=1S/C16H14O3/c17-9-12(18)7-11-5-6-14-13-4-2-1-3-10(13)8-15(14)16(11)19/h1-6,8,12,17-18H,7,9H2. The average molecular weight is 254 g/mol. The zero-order valence-electron chi connectivity index (χ0n) is 10.3. The molecule has 1 aromatic rings. The lowest BCUT2D eigenvalue weighted by molar-refractivity contribution is -0.112. The molecule has 19 heavy (non-hydrogen) atoms. The Kier molecular flexibility index (Phi) is 2.93. The quantitative estimate of drug-likeness (QED) is 0.863. The number of Topliss-reactive ketones (excluding diaryl/α,β-unsaturated/α-hetero) is 1. The third-order valence-electron chi connectivity index (χ3n) is 3.49. The van der Waals surface area contributed by atoms with E-state index in [4.69, 9.17) is 5.11 Å². The molecule has 3 nitrogen and oxygen atoms in total. The fourth-order valence-electron chi connectivity index (χ4n) is 2.53. The summed E-state index contributed by atoms with van der Waals surface area (Å²) >= 11 is 0. The number of aliphatic hydroxyl groups is 2. The number of rotatable bonds is 3. The second-order valence-corrected chi connectivity index (χ2v) is 4.79. The Morgan fingerprint density at radius 1 is 1.11 bits per heavy atom. The number of carbonyl (C=O) groups is 1. The molecule has 0 bridgehead atoms. The van der Waals surface area contributed by atoms with Crippen LogP contribution >= 0.6 is 0 Å². The highest BCUT2D eigenvalue weighted by atomic mass is 16.3. The maximum atomic E-state index is 12.4. The lowest BCUT2D eigenvalue weighted by atomic mass is 9.89. The van der Waals surface area contributed by atoms with Crippen molar-refractivity contribution in [3.8, 4) is 0 Å². The summed E-state index contributed by atoms with van der Waals surface area (Å²) in [4.78, 5) is 12.4. The number of ketones is 1. The van der Waals surface area contributed by atoms with Crippen molar-refractivity contribution in [3.63, 3.8) is 0 Å². The van der Waals surface area contributed by atoms with Crippen LogP contribution in [0.15, 0.2) is 47.6 Å². The van der Waals surface area contributed by atoms with E-state index < -0.39 is 6.10 Å². The van der Waals surface area contributed by atoms with E-state index in [1.807, 2.05) is 36.4 Å². The number of aliphatic hydroxyl groups excluding tert-OH is 2. The van der Waals surface area contributed by atoms with Crippen LogP contribution < -0.4 is 0 Å². The molecule has 0 aromatic heterocycles. The van der Waals surface area contributed by atoms with Gasteiger partial charge in [0.05, 0.1) is 12.7 Å². The predicted molar refractivity (Wildman–Crippen MR) is 73.2 cm³/mol. The van der Waals surface area contributed by atoms with Crippen LogP contribution in [-0.2, 0) is 4.79 Å². The minimum Gasteiger partial charge on any atom is -0.394 e. The van der Waals surface area contributed by atoms with Crippen LogP contribution in [0.25, 0.3) is 11.6 Å². The maximum absolute atomic E-state index is 12.4. The third-order valence-corrected chi connectivity index (χ3v) is 3.49. The Morgan fingerprint density at radius 3 is 2.68 bits per heavy atom. The third kappa shape index (κ3) is 1.97. The number of benzene rings is 1. The molecule has 2 N–H and O–H groups in total. The van der Waals surface area contributed by atoms with Crippen LogP contribution in [-0.4, -0.2) is 28.7 Å². The molecular formula is C16H14O3. The van der Waals surface area contributed by atoms with Gasteiger partial charge in [-0.1, -0.05) is 36.4 Å². The average Bonchev–Trinajstić information content (AvgIpc) is 2.81. The molecule has 96 valence electrons. The monoisotopic (exact) mass is 254 g/mol. The summed E-state index contributed by atoms with van der Waals surface area (Å²) in [5.74, 6) is -0.0544. The van der Waals surface area contributed by atoms with E-state index in [1.165, 1.54) is 0 Å². The summed E-state index contributed by atoms with van der Waals surface area (Å²) in [5.41, 5.74) is 4.30. The van der Waals surface area contributed by atoms with Gasteiger partial charge in [-0.25, -0.2) is 0 Å². The molecule has 3 rings (SSSR count). The molecule has 0 heterocycles. The zero-order chi connectivity index (χ0) is 13.4. The SMILES string of the molecule is O=C1C(CC(O)CO)=CC=C2C1=Cc1ccccc12. The Morgan fingerprint density at radius 2 is 1.89 bits per heavy atom. The molecule has 1 atom stereocenters. The number of hydrogen-bond donors (Lipinski definition) is 2. The normalized spacial score (nSPS) is 18.2. The Bertz CT molecular complexity index is 635. The number of fused-ring (bicyclic) bond motifs is 3. The van der Waals surface area contributed by atoms with Crippen LogP contribution in [0.2, 0.25) is 0 Å². The highest BCUT2D eigenvalue weighted by Gasteiger charge is 2.28. The van der Waals surface area contributed by atoms with Crippen LogP contribution in [0, 0.1) is 0 Å². The smallest absolute Gasteiger partial charge is 0.189 e. The molecule has 1 unspecified atom stereocenters. The topological polar surface area (TPSA) is 57.5 Å². The van der Waals surface area contributed by atoms with Gasteiger partial charge >= 0.3 is 0 Å². The Hall–Kier alpha value is -1.97. The molecule has 3 heteroatoms. The van der Waals surface area contributed by atoms with Gasteiger partial charge < -0.3 is 10.2 Å². The number of carbonyl (C=O) groups excluding carboxylic acids is 1. The van der Waals surface area contributed by atoms with Crippen molar-refractivity contribution in [1.29, 1.82) is 0 Å².